The molecule has 2 heterocycles. The zero-order valence-electron chi connectivity index (χ0n) is 19.9. The van der Waals surface area contributed by atoms with E-state index in [1.807, 2.05) is 50.2 Å². The molecule has 0 bridgehead atoms. The van der Waals surface area contributed by atoms with E-state index in [1.165, 1.54) is 17.4 Å². The quantitative estimate of drug-likeness (QED) is 0.266. The SMILES string of the molecule is CCN(CCCNC(=O)c1ccccc1CSc1nc2nc(C)cc(C)n2n1)c1ccccc1. The summed E-state index contributed by atoms with van der Waals surface area (Å²) in [5.41, 5.74) is 4.78. The Balaban J connectivity index is 1.33. The van der Waals surface area contributed by atoms with Crippen LogP contribution in [0.5, 0.6) is 0 Å². The standard InChI is InChI=1S/C26H30N6OS/c1-4-31(22-12-6-5-7-13-22)16-10-15-27-24(33)23-14-9-8-11-21(23)18-34-26-29-25-28-19(2)17-20(3)32(25)30-26/h5-9,11-14,17H,4,10,15-16,18H2,1-3H3,(H,27,33). The van der Waals surface area contributed by atoms with Crippen molar-refractivity contribution in [1.29, 1.82) is 0 Å². The normalized spacial score (nSPS) is 11.0. The van der Waals surface area contributed by atoms with E-state index >= 15 is 0 Å². The zero-order valence-corrected chi connectivity index (χ0v) is 20.7. The van der Waals surface area contributed by atoms with Crippen LogP contribution in [0, 0.1) is 13.8 Å². The van der Waals surface area contributed by atoms with Crippen LogP contribution in [-0.2, 0) is 5.75 Å². The van der Waals surface area contributed by atoms with E-state index in [1.54, 1.807) is 4.52 Å². The van der Waals surface area contributed by atoms with Crippen molar-refractivity contribution >= 4 is 29.1 Å². The number of nitrogens with zero attached hydrogens (tertiary/aromatic N) is 5. The minimum Gasteiger partial charge on any atom is -0.372 e. The third-order valence-corrected chi connectivity index (χ3v) is 6.50. The molecule has 2 aromatic heterocycles. The number of aryl methyl sites for hydroxylation is 2. The summed E-state index contributed by atoms with van der Waals surface area (Å²) < 4.78 is 1.75. The molecular formula is C26H30N6OS. The van der Waals surface area contributed by atoms with Gasteiger partial charge >= 0.3 is 0 Å². The fraction of sp³-hybridized carbons (Fsp3) is 0.308. The number of hydrogen-bond donors (Lipinski definition) is 1. The summed E-state index contributed by atoms with van der Waals surface area (Å²) in [4.78, 5) is 24.2. The molecule has 176 valence electrons. The number of amides is 1. The van der Waals surface area contributed by atoms with Crippen molar-refractivity contribution in [1.82, 2.24) is 24.9 Å². The molecule has 4 aromatic rings. The lowest BCUT2D eigenvalue weighted by atomic mass is 10.1. The van der Waals surface area contributed by atoms with Crippen molar-refractivity contribution < 1.29 is 4.79 Å². The van der Waals surface area contributed by atoms with Gasteiger partial charge in [-0.1, -0.05) is 48.2 Å². The second kappa shape index (κ2) is 11.2. The number of para-hydroxylation sites is 1. The maximum Gasteiger partial charge on any atom is 0.253 e. The van der Waals surface area contributed by atoms with Gasteiger partial charge in [0.1, 0.15) is 0 Å². The first kappa shape index (κ1) is 23.8. The predicted octanol–water partition coefficient (Wildman–Crippen LogP) is 4.68. The van der Waals surface area contributed by atoms with E-state index < -0.39 is 0 Å². The highest BCUT2D eigenvalue weighted by atomic mass is 32.2. The Morgan fingerprint density at radius 3 is 2.62 bits per heavy atom. The average molecular weight is 475 g/mol. The van der Waals surface area contributed by atoms with Crippen LogP contribution in [0.25, 0.3) is 5.78 Å². The van der Waals surface area contributed by atoms with Crippen molar-refractivity contribution in [2.24, 2.45) is 0 Å². The van der Waals surface area contributed by atoms with E-state index in [2.05, 4.69) is 56.5 Å². The fourth-order valence-corrected chi connectivity index (χ4v) is 4.72. The van der Waals surface area contributed by atoms with E-state index in [0.717, 1.165) is 36.5 Å². The molecule has 1 N–H and O–H groups in total. The largest absolute Gasteiger partial charge is 0.372 e. The van der Waals surface area contributed by atoms with Crippen molar-refractivity contribution in [3.63, 3.8) is 0 Å². The van der Waals surface area contributed by atoms with Crippen molar-refractivity contribution in [3.05, 3.63) is 83.2 Å². The van der Waals surface area contributed by atoms with Gasteiger partial charge in [0.15, 0.2) is 0 Å². The molecule has 0 atom stereocenters. The fourth-order valence-electron chi connectivity index (χ4n) is 3.89. The molecule has 0 saturated heterocycles. The number of anilines is 1. The Morgan fingerprint density at radius 1 is 1.06 bits per heavy atom. The minimum absolute atomic E-state index is 0.0462. The molecule has 7 nitrogen and oxygen atoms in total. The maximum absolute atomic E-state index is 12.9. The molecule has 0 radical (unpaired) electrons. The van der Waals surface area contributed by atoms with Gasteiger partial charge < -0.3 is 10.2 Å². The molecule has 0 aliphatic heterocycles. The van der Waals surface area contributed by atoms with Crippen LogP contribution >= 0.6 is 11.8 Å². The molecule has 1 amide bonds. The number of hydrogen-bond acceptors (Lipinski definition) is 6. The van der Waals surface area contributed by atoms with Crippen LogP contribution in [0.1, 0.15) is 40.7 Å². The third kappa shape index (κ3) is 5.75. The Hall–Kier alpha value is -3.39. The summed E-state index contributed by atoms with van der Waals surface area (Å²) in [7, 11) is 0. The number of nitrogens with one attached hydrogen (secondary N) is 1. The van der Waals surface area contributed by atoms with Crippen LogP contribution in [0.4, 0.5) is 5.69 Å². The van der Waals surface area contributed by atoms with Crippen molar-refractivity contribution in [2.75, 3.05) is 24.5 Å². The Morgan fingerprint density at radius 2 is 1.82 bits per heavy atom. The first-order chi connectivity index (χ1) is 16.5. The van der Waals surface area contributed by atoms with Gasteiger partial charge in [0, 0.05) is 48.0 Å². The monoisotopic (exact) mass is 474 g/mol. The van der Waals surface area contributed by atoms with Gasteiger partial charge in [-0.3, -0.25) is 4.79 Å². The van der Waals surface area contributed by atoms with Gasteiger partial charge in [-0.25, -0.2) is 9.50 Å². The lowest BCUT2D eigenvalue weighted by Crippen LogP contribution is -2.30. The summed E-state index contributed by atoms with van der Waals surface area (Å²) in [6.45, 7) is 8.54. The molecule has 0 unspecified atom stereocenters. The van der Waals surface area contributed by atoms with Crippen molar-refractivity contribution in [2.45, 2.75) is 38.1 Å². The highest BCUT2D eigenvalue weighted by molar-refractivity contribution is 7.98. The predicted molar refractivity (Wildman–Crippen MR) is 138 cm³/mol. The van der Waals surface area contributed by atoms with Crippen LogP contribution in [0.3, 0.4) is 0 Å². The molecule has 0 saturated carbocycles. The van der Waals surface area contributed by atoms with Gasteiger partial charge in [0.25, 0.3) is 11.7 Å². The molecule has 0 fully saturated rings. The summed E-state index contributed by atoms with van der Waals surface area (Å²) in [6, 6.07) is 20.1. The van der Waals surface area contributed by atoms with Crippen molar-refractivity contribution in [3.8, 4) is 0 Å². The van der Waals surface area contributed by atoms with Gasteiger partial charge in [-0.15, -0.1) is 5.10 Å². The number of benzene rings is 2. The highest BCUT2D eigenvalue weighted by Gasteiger charge is 2.13. The van der Waals surface area contributed by atoms with Gasteiger partial charge in [0.2, 0.25) is 5.16 Å². The smallest absolute Gasteiger partial charge is 0.253 e. The van der Waals surface area contributed by atoms with Gasteiger partial charge in [-0.05, 0) is 57.0 Å². The van der Waals surface area contributed by atoms with E-state index in [4.69, 9.17) is 0 Å². The molecule has 8 heteroatoms. The molecule has 4 rings (SSSR count). The maximum atomic E-state index is 12.9. The highest BCUT2D eigenvalue weighted by Crippen LogP contribution is 2.23. The molecule has 0 aliphatic rings. The second-order valence-corrected chi connectivity index (χ2v) is 9.06. The number of fused-ring (bicyclic) bond motifs is 1. The number of carbonyl (C=O) groups is 1. The summed E-state index contributed by atoms with van der Waals surface area (Å²) in [5, 5.41) is 8.29. The Labute approximate surface area is 204 Å². The second-order valence-electron chi connectivity index (χ2n) is 8.12. The van der Waals surface area contributed by atoms with E-state index in [0.29, 0.717) is 28.8 Å². The topological polar surface area (TPSA) is 75.4 Å². The van der Waals surface area contributed by atoms with Crippen LogP contribution in [-0.4, -0.2) is 45.1 Å². The Bertz CT molecular complexity index is 1260. The van der Waals surface area contributed by atoms with Crippen LogP contribution in [0.15, 0.2) is 65.8 Å². The minimum atomic E-state index is -0.0462. The first-order valence-corrected chi connectivity index (χ1v) is 12.5. The molecular weight excluding hydrogens is 444 g/mol. The molecule has 34 heavy (non-hydrogen) atoms. The van der Waals surface area contributed by atoms with E-state index in [-0.39, 0.29) is 5.91 Å². The molecule has 0 aliphatic carbocycles. The van der Waals surface area contributed by atoms with Gasteiger partial charge in [-0.2, -0.15) is 4.98 Å². The third-order valence-electron chi connectivity index (χ3n) is 5.61. The number of thioether (sulfide) groups is 1. The molecule has 2 aromatic carbocycles. The zero-order chi connectivity index (χ0) is 23.9. The lowest BCUT2D eigenvalue weighted by Gasteiger charge is -2.23. The molecule has 0 spiro atoms. The number of carbonyl (C=O) groups excluding carboxylic acids is 1. The first-order valence-electron chi connectivity index (χ1n) is 11.5. The Kier molecular flexibility index (Phi) is 7.80. The average Bonchev–Trinajstić information content (AvgIpc) is 3.26. The summed E-state index contributed by atoms with van der Waals surface area (Å²) >= 11 is 1.51. The number of aromatic nitrogens is 4. The van der Waals surface area contributed by atoms with Crippen LogP contribution < -0.4 is 10.2 Å². The number of rotatable bonds is 10. The van der Waals surface area contributed by atoms with E-state index in [9.17, 15) is 4.79 Å². The summed E-state index contributed by atoms with van der Waals surface area (Å²) in [5.74, 6) is 1.16. The van der Waals surface area contributed by atoms with Crippen LogP contribution in [0.2, 0.25) is 0 Å². The van der Waals surface area contributed by atoms with Gasteiger partial charge in [0.05, 0.1) is 0 Å². The lowest BCUT2D eigenvalue weighted by molar-refractivity contribution is 0.0952. The summed E-state index contributed by atoms with van der Waals surface area (Å²) in [6.07, 6.45) is 0.877.